The molecule has 1 saturated heterocycles. The topological polar surface area (TPSA) is 80.3 Å². The molecule has 3 aliphatic heterocycles. The van der Waals surface area contributed by atoms with Crippen LogP contribution in [0.1, 0.15) is 24.4 Å². The maximum Gasteiger partial charge on any atom is 0.322 e. The van der Waals surface area contributed by atoms with Gasteiger partial charge in [0, 0.05) is 25.8 Å². The van der Waals surface area contributed by atoms with Gasteiger partial charge in [0.25, 0.3) is 5.91 Å². The van der Waals surface area contributed by atoms with Gasteiger partial charge in [-0.05, 0) is 30.5 Å². The van der Waals surface area contributed by atoms with Crippen LogP contribution < -0.4 is 14.8 Å². The molecule has 4 rings (SSSR count). The molecule has 1 aromatic carbocycles. The van der Waals surface area contributed by atoms with E-state index in [1.54, 1.807) is 36.2 Å². The maximum atomic E-state index is 13.4. The Bertz CT molecular complexity index is 869. The molecular weight excluding hydrogens is 386 g/mol. The summed E-state index contributed by atoms with van der Waals surface area (Å²) in [6, 6.07) is 4.55. The van der Waals surface area contributed by atoms with Crippen LogP contribution >= 0.6 is 0 Å². The molecule has 160 valence electrons. The number of carbonyl (C=O) groups is 2. The number of nitrogens with one attached hydrogen (secondary N) is 1. The van der Waals surface area contributed by atoms with Crippen LogP contribution in [-0.4, -0.2) is 68.3 Å². The van der Waals surface area contributed by atoms with E-state index in [-0.39, 0.29) is 18.0 Å². The van der Waals surface area contributed by atoms with E-state index in [2.05, 4.69) is 11.9 Å². The van der Waals surface area contributed by atoms with Crippen molar-refractivity contribution in [3.63, 3.8) is 0 Å². The molecule has 3 amide bonds. The predicted octanol–water partition coefficient (Wildman–Crippen LogP) is 2.23. The maximum absolute atomic E-state index is 13.4. The van der Waals surface area contributed by atoms with Crippen molar-refractivity contribution < 1.29 is 23.8 Å². The zero-order chi connectivity index (χ0) is 21.3. The number of hydrogen-bond donors (Lipinski definition) is 1. The molecule has 0 spiro atoms. The van der Waals surface area contributed by atoms with Gasteiger partial charge in [0.15, 0.2) is 0 Å². The van der Waals surface area contributed by atoms with Crippen LogP contribution in [0.4, 0.5) is 4.79 Å². The van der Waals surface area contributed by atoms with Gasteiger partial charge in [0.2, 0.25) is 0 Å². The summed E-state index contributed by atoms with van der Waals surface area (Å²) < 4.78 is 16.5. The van der Waals surface area contributed by atoms with Crippen molar-refractivity contribution in [1.29, 1.82) is 0 Å². The minimum Gasteiger partial charge on any atom is -0.497 e. The lowest BCUT2D eigenvalue weighted by atomic mass is 9.95. The standard InChI is InChI=1S/C22H27N3O5/c1-4-7-25-18-13-24(12-15-6-5-8-30-15)21(26)19(18)20(23-22(25)27)14-9-16(28-2)11-17(10-14)29-3/h4,9-11,15,20H,1,5-8,12-13H2,2-3H3,(H,23,27)/t15-,20-/m0/s1. The molecule has 3 heterocycles. The van der Waals surface area contributed by atoms with E-state index in [1.165, 1.54) is 0 Å². The van der Waals surface area contributed by atoms with Crippen molar-refractivity contribution in [3.05, 3.63) is 47.7 Å². The molecule has 0 radical (unpaired) electrons. The smallest absolute Gasteiger partial charge is 0.322 e. The number of nitrogens with zero attached hydrogens (tertiary/aromatic N) is 2. The Balaban J connectivity index is 1.72. The lowest BCUT2D eigenvalue weighted by Crippen LogP contribution is -2.47. The van der Waals surface area contributed by atoms with Gasteiger partial charge in [-0.15, -0.1) is 6.58 Å². The normalized spacial score (nSPS) is 23.5. The molecule has 1 N–H and O–H groups in total. The number of carbonyl (C=O) groups excluding carboxylic acids is 2. The molecule has 0 saturated carbocycles. The first kappa shape index (κ1) is 20.3. The first-order valence-electron chi connectivity index (χ1n) is 10.1. The average Bonchev–Trinajstić information content (AvgIpc) is 3.38. The highest BCUT2D eigenvalue weighted by atomic mass is 16.5. The minimum atomic E-state index is -0.584. The molecule has 0 aliphatic carbocycles. The number of ether oxygens (including phenoxy) is 3. The molecular formula is C22H27N3O5. The van der Waals surface area contributed by atoms with E-state index in [0.29, 0.717) is 42.4 Å². The van der Waals surface area contributed by atoms with Crippen molar-refractivity contribution >= 4 is 11.9 Å². The van der Waals surface area contributed by atoms with E-state index in [9.17, 15) is 9.59 Å². The van der Waals surface area contributed by atoms with Gasteiger partial charge in [-0.1, -0.05) is 6.08 Å². The van der Waals surface area contributed by atoms with Crippen LogP contribution in [0.15, 0.2) is 42.1 Å². The average molecular weight is 413 g/mol. The molecule has 30 heavy (non-hydrogen) atoms. The Morgan fingerprint density at radius 1 is 1.23 bits per heavy atom. The van der Waals surface area contributed by atoms with Crippen LogP contribution in [0.2, 0.25) is 0 Å². The Hall–Kier alpha value is -3.00. The van der Waals surface area contributed by atoms with Gasteiger partial charge in [-0.25, -0.2) is 4.79 Å². The van der Waals surface area contributed by atoms with E-state index < -0.39 is 6.04 Å². The van der Waals surface area contributed by atoms with Crippen LogP contribution in [0.5, 0.6) is 11.5 Å². The van der Waals surface area contributed by atoms with Gasteiger partial charge in [-0.2, -0.15) is 0 Å². The summed E-state index contributed by atoms with van der Waals surface area (Å²) in [5.41, 5.74) is 2.02. The quantitative estimate of drug-likeness (QED) is 0.694. The highest BCUT2D eigenvalue weighted by Gasteiger charge is 2.44. The number of amides is 3. The number of benzene rings is 1. The summed E-state index contributed by atoms with van der Waals surface area (Å²) >= 11 is 0. The lowest BCUT2D eigenvalue weighted by molar-refractivity contribution is -0.127. The van der Waals surface area contributed by atoms with Gasteiger partial charge in [-0.3, -0.25) is 9.69 Å². The first-order valence-corrected chi connectivity index (χ1v) is 10.1. The third-order valence-corrected chi connectivity index (χ3v) is 5.76. The van der Waals surface area contributed by atoms with Crippen molar-refractivity contribution in [2.24, 2.45) is 0 Å². The van der Waals surface area contributed by atoms with Gasteiger partial charge in [0.05, 0.1) is 44.2 Å². The monoisotopic (exact) mass is 413 g/mol. The summed E-state index contributed by atoms with van der Waals surface area (Å²) in [4.78, 5) is 29.7. The molecule has 3 aliphatic rings. The Kier molecular flexibility index (Phi) is 5.67. The summed E-state index contributed by atoms with van der Waals surface area (Å²) in [7, 11) is 3.14. The SMILES string of the molecule is C=CCN1C(=O)N[C@@H](c2cc(OC)cc(OC)c2)C2=C1CN(C[C@@H]1CCCO1)C2=O. The molecule has 2 atom stereocenters. The molecule has 1 fully saturated rings. The molecule has 8 nitrogen and oxygen atoms in total. The molecule has 0 unspecified atom stereocenters. The van der Waals surface area contributed by atoms with Crippen molar-refractivity contribution in [1.82, 2.24) is 15.1 Å². The predicted molar refractivity (Wildman–Crippen MR) is 110 cm³/mol. The third kappa shape index (κ3) is 3.63. The molecule has 8 heteroatoms. The second-order valence-corrected chi connectivity index (χ2v) is 7.61. The summed E-state index contributed by atoms with van der Waals surface area (Å²) in [6.07, 6.45) is 3.65. The summed E-state index contributed by atoms with van der Waals surface area (Å²) in [5, 5.41) is 2.98. The van der Waals surface area contributed by atoms with E-state index in [1.807, 2.05) is 12.1 Å². The number of rotatable bonds is 7. The Morgan fingerprint density at radius 2 is 1.97 bits per heavy atom. The second-order valence-electron chi connectivity index (χ2n) is 7.61. The fraction of sp³-hybridized carbons (Fsp3) is 0.455. The van der Waals surface area contributed by atoms with E-state index >= 15 is 0 Å². The summed E-state index contributed by atoms with van der Waals surface area (Å²) in [5.74, 6) is 1.10. The van der Waals surface area contributed by atoms with Crippen LogP contribution in [0.25, 0.3) is 0 Å². The minimum absolute atomic E-state index is 0.0437. The Morgan fingerprint density at radius 3 is 2.57 bits per heavy atom. The third-order valence-electron chi connectivity index (χ3n) is 5.76. The largest absolute Gasteiger partial charge is 0.497 e. The summed E-state index contributed by atoms with van der Waals surface area (Å²) in [6.45, 7) is 5.72. The molecule has 0 aromatic heterocycles. The van der Waals surface area contributed by atoms with Crippen molar-refractivity contribution in [2.75, 3.05) is 40.5 Å². The second kappa shape index (κ2) is 8.39. The number of hydrogen-bond acceptors (Lipinski definition) is 5. The Labute approximate surface area is 176 Å². The highest BCUT2D eigenvalue weighted by molar-refractivity contribution is 6.01. The van der Waals surface area contributed by atoms with Crippen molar-refractivity contribution in [3.8, 4) is 11.5 Å². The van der Waals surface area contributed by atoms with Gasteiger partial charge in [0.1, 0.15) is 11.5 Å². The van der Waals surface area contributed by atoms with Crippen LogP contribution in [0, 0.1) is 0 Å². The zero-order valence-corrected chi connectivity index (χ0v) is 17.3. The fourth-order valence-corrected chi connectivity index (χ4v) is 4.30. The molecule has 0 bridgehead atoms. The first-order chi connectivity index (χ1) is 14.5. The van der Waals surface area contributed by atoms with Crippen LogP contribution in [0.3, 0.4) is 0 Å². The van der Waals surface area contributed by atoms with Gasteiger partial charge >= 0.3 is 6.03 Å². The van der Waals surface area contributed by atoms with Gasteiger partial charge < -0.3 is 24.4 Å². The van der Waals surface area contributed by atoms with Crippen molar-refractivity contribution in [2.45, 2.75) is 25.0 Å². The molecule has 1 aromatic rings. The van der Waals surface area contributed by atoms with Crippen LogP contribution in [-0.2, 0) is 9.53 Å². The lowest BCUT2D eigenvalue weighted by Gasteiger charge is -2.33. The highest BCUT2D eigenvalue weighted by Crippen LogP contribution is 2.38. The van der Waals surface area contributed by atoms with E-state index in [4.69, 9.17) is 14.2 Å². The number of methoxy groups -OCH3 is 2. The number of urea groups is 1. The van der Waals surface area contributed by atoms with E-state index in [0.717, 1.165) is 25.0 Å². The fourth-order valence-electron chi connectivity index (χ4n) is 4.30. The zero-order valence-electron chi connectivity index (χ0n) is 17.3.